The molecule has 2 heteroatoms. The minimum atomic E-state index is 0.00631. The molecule has 0 amide bonds. The monoisotopic (exact) mass is 268 g/mol. The normalized spacial score (nSPS) is 10.3. The summed E-state index contributed by atoms with van der Waals surface area (Å²) in [7, 11) is 0. The predicted molar refractivity (Wildman–Crippen MR) is 81.6 cm³/mol. The van der Waals surface area contributed by atoms with Crippen molar-refractivity contribution < 1.29 is 9.53 Å². The molecule has 0 saturated carbocycles. The van der Waals surface area contributed by atoms with Crippen LogP contribution in [0.1, 0.15) is 34.0 Å². The lowest BCUT2D eigenvalue weighted by Crippen LogP contribution is -2.11. The van der Waals surface area contributed by atoms with Crippen LogP contribution in [0, 0.1) is 13.8 Å². The zero-order valence-corrected chi connectivity index (χ0v) is 12.3. The molecule has 2 rings (SSSR count). The fraction of sp³-hybridized carbons (Fsp3) is 0.278. The number of carbonyl (C=O) groups excluding carboxylic acids is 1. The average Bonchev–Trinajstić information content (AvgIpc) is 2.44. The zero-order valence-electron chi connectivity index (χ0n) is 12.3. The van der Waals surface area contributed by atoms with Gasteiger partial charge in [-0.3, -0.25) is 4.79 Å². The molecule has 20 heavy (non-hydrogen) atoms. The minimum Gasteiger partial charge on any atom is -0.485 e. The molecule has 0 aliphatic heterocycles. The summed E-state index contributed by atoms with van der Waals surface area (Å²) in [6.45, 7) is 6.21. The molecular formula is C18H20O2. The third-order valence-corrected chi connectivity index (χ3v) is 3.25. The maximum atomic E-state index is 12.1. The Morgan fingerprint density at radius 1 is 1.00 bits per heavy atom. The molecule has 0 heterocycles. The van der Waals surface area contributed by atoms with Crippen LogP contribution < -0.4 is 4.74 Å². The lowest BCUT2D eigenvalue weighted by Gasteiger charge is -2.08. The van der Waals surface area contributed by atoms with E-state index in [1.807, 2.05) is 50.2 Å². The Morgan fingerprint density at radius 2 is 1.60 bits per heavy atom. The number of ether oxygens (including phenoxy) is 1. The van der Waals surface area contributed by atoms with Crippen LogP contribution in [0.5, 0.6) is 5.75 Å². The van der Waals surface area contributed by atoms with Gasteiger partial charge >= 0.3 is 0 Å². The van der Waals surface area contributed by atoms with Gasteiger partial charge in [0.15, 0.2) is 12.4 Å². The quantitative estimate of drug-likeness (QED) is 0.762. The van der Waals surface area contributed by atoms with E-state index >= 15 is 0 Å². The molecule has 0 saturated heterocycles. The summed E-state index contributed by atoms with van der Waals surface area (Å²) >= 11 is 0. The SMILES string of the molecule is CCc1ccc(C(=O)COc2cc(C)cc(C)c2)cc1. The summed E-state index contributed by atoms with van der Waals surface area (Å²) in [6.07, 6.45) is 0.980. The summed E-state index contributed by atoms with van der Waals surface area (Å²) < 4.78 is 5.59. The highest BCUT2D eigenvalue weighted by molar-refractivity contribution is 5.97. The minimum absolute atomic E-state index is 0.00631. The van der Waals surface area contributed by atoms with Crippen molar-refractivity contribution in [2.75, 3.05) is 6.61 Å². The van der Waals surface area contributed by atoms with E-state index < -0.39 is 0 Å². The zero-order chi connectivity index (χ0) is 14.5. The summed E-state index contributed by atoms with van der Waals surface area (Å²) in [5.41, 5.74) is 4.21. The summed E-state index contributed by atoms with van der Waals surface area (Å²) in [5.74, 6) is 0.757. The summed E-state index contributed by atoms with van der Waals surface area (Å²) in [4.78, 5) is 12.1. The van der Waals surface area contributed by atoms with Crippen molar-refractivity contribution in [2.24, 2.45) is 0 Å². The molecule has 2 nitrogen and oxygen atoms in total. The lowest BCUT2D eigenvalue weighted by atomic mass is 10.1. The number of hydrogen-bond acceptors (Lipinski definition) is 2. The van der Waals surface area contributed by atoms with Gasteiger partial charge in [0.05, 0.1) is 0 Å². The fourth-order valence-electron chi connectivity index (χ4n) is 2.17. The van der Waals surface area contributed by atoms with E-state index in [9.17, 15) is 4.79 Å². The molecule has 2 aromatic rings. The van der Waals surface area contributed by atoms with E-state index in [0.29, 0.717) is 5.56 Å². The van der Waals surface area contributed by atoms with Crippen molar-refractivity contribution >= 4 is 5.78 Å². The average molecular weight is 268 g/mol. The molecule has 104 valence electrons. The topological polar surface area (TPSA) is 26.3 Å². The molecule has 0 atom stereocenters. The van der Waals surface area contributed by atoms with E-state index in [4.69, 9.17) is 4.74 Å². The van der Waals surface area contributed by atoms with Gasteiger partial charge in [0, 0.05) is 5.56 Å². The van der Waals surface area contributed by atoms with Crippen molar-refractivity contribution in [3.05, 3.63) is 64.7 Å². The Labute approximate surface area is 120 Å². The first-order valence-corrected chi connectivity index (χ1v) is 6.91. The first-order valence-electron chi connectivity index (χ1n) is 6.91. The molecule has 0 fully saturated rings. The Balaban J connectivity index is 2.00. The Morgan fingerprint density at radius 3 is 2.15 bits per heavy atom. The maximum absolute atomic E-state index is 12.1. The highest BCUT2D eigenvalue weighted by Crippen LogP contribution is 2.16. The summed E-state index contributed by atoms with van der Waals surface area (Å²) in [5, 5.41) is 0. The first kappa shape index (κ1) is 14.3. The first-order chi connectivity index (χ1) is 9.58. The van der Waals surface area contributed by atoms with E-state index in [2.05, 4.69) is 13.0 Å². The molecule has 0 spiro atoms. The van der Waals surface area contributed by atoms with Gasteiger partial charge in [-0.1, -0.05) is 37.3 Å². The van der Waals surface area contributed by atoms with Gasteiger partial charge in [-0.2, -0.15) is 0 Å². The Bertz CT molecular complexity index is 577. The molecule has 0 bridgehead atoms. The van der Waals surface area contributed by atoms with Gasteiger partial charge in [0.25, 0.3) is 0 Å². The molecule has 2 aromatic carbocycles. The van der Waals surface area contributed by atoms with Gasteiger partial charge in [-0.25, -0.2) is 0 Å². The molecule has 0 N–H and O–H groups in total. The van der Waals surface area contributed by atoms with Crippen LogP contribution in [0.2, 0.25) is 0 Å². The second-order valence-electron chi connectivity index (χ2n) is 5.09. The van der Waals surface area contributed by atoms with E-state index in [-0.39, 0.29) is 12.4 Å². The van der Waals surface area contributed by atoms with Crippen molar-refractivity contribution in [1.82, 2.24) is 0 Å². The van der Waals surface area contributed by atoms with Crippen LogP contribution in [0.15, 0.2) is 42.5 Å². The van der Waals surface area contributed by atoms with E-state index in [1.54, 1.807) is 0 Å². The highest BCUT2D eigenvalue weighted by Gasteiger charge is 2.07. The molecule has 0 aliphatic rings. The number of benzene rings is 2. The molecule has 0 aromatic heterocycles. The largest absolute Gasteiger partial charge is 0.485 e. The third-order valence-electron chi connectivity index (χ3n) is 3.25. The molecule has 0 unspecified atom stereocenters. The van der Waals surface area contributed by atoms with Crippen LogP contribution in [0.25, 0.3) is 0 Å². The van der Waals surface area contributed by atoms with Crippen LogP contribution >= 0.6 is 0 Å². The standard InChI is InChI=1S/C18H20O2/c1-4-15-5-7-16(8-6-15)18(19)12-20-17-10-13(2)9-14(3)11-17/h5-11H,4,12H2,1-3H3. The fourth-order valence-corrected chi connectivity index (χ4v) is 2.17. The Kier molecular flexibility index (Phi) is 4.57. The Hall–Kier alpha value is -2.09. The molecule has 0 radical (unpaired) electrons. The lowest BCUT2D eigenvalue weighted by molar-refractivity contribution is 0.0921. The number of aryl methyl sites for hydroxylation is 3. The summed E-state index contributed by atoms with van der Waals surface area (Å²) in [6, 6.07) is 13.7. The van der Waals surface area contributed by atoms with Crippen LogP contribution in [0.4, 0.5) is 0 Å². The van der Waals surface area contributed by atoms with Crippen LogP contribution in [-0.4, -0.2) is 12.4 Å². The smallest absolute Gasteiger partial charge is 0.200 e. The van der Waals surface area contributed by atoms with Gasteiger partial charge in [0.2, 0.25) is 0 Å². The van der Waals surface area contributed by atoms with Gasteiger partial charge in [-0.05, 0) is 49.1 Å². The maximum Gasteiger partial charge on any atom is 0.200 e. The van der Waals surface area contributed by atoms with Crippen LogP contribution in [0.3, 0.4) is 0 Å². The number of Topliss-reactive ketones (excluding diaryl/α,β-unsaturated/α-hetero) is 1. The van der Waals surface area contributed by atoms with E-state index in [1.165, 1.54) is 5.56 Å². The number of ketones is 1. The predicted octanol–water partition coefficient (Wildman–Crippen LogP) is 4.13. The highest BCUT2D eigenvalue weighted by atomic mass is 16.5. The molecular weight excluding hydrogens is 248 g/mol. The van der Waals surface area contributed by atoms with Crippen molar-refractivity contribution in [3.63, 3.8) is 0 Å². The number of rotatable bonds is 5. The second-order valence-corrected chi connectivity index (χ2v) is 5.09. The van der Waals surface area contributed by atoms with Crippen molar-refractivity contribution in [2.45, 2.75) is 27.2 Å². The van der Waals surface area contributed by atoms with Gasteiger partial charge in [0.1, 0.15) is 5.75 Å². The molecule has 0 aliphatic carbocycles. The number of hydrogen-bond donors (Lipinski definition) is 0. The van der Waals surface area contributed by atoms with Gasteiger partial charge < -0.3 is 4.74 Å². The number of carbonyl (C=O) groups is 1. The third kappa shape index (κ3) is 3.70. The second kappa shape index (κ2) is 6.38. The van der Waals surface area contributed by atoms with E-state index in [0.717, 1.165) is 23.3 Å². The van der Waals surface area contributed by atoms with Gasteiger partial charge in [-0.15, -0.1) is 0 Å². The van der Waals surface area contributed by atoms with Crippen molar-refractivity contribution in [1.29, 1.82) is 0 Å². The van der Waals surface area contributed by atoms with Crippen LogP contribution in [-0.2, 0) is 6.42 Å². The van der Waals surface area contributed by atoms with Crippen molar-refractivity contribution in [3.8, 4) is 5.75 Å².